The lowest BCUT2D eigenvalue weighted by atomic mass is 10.3. The van der Waals surface area contributed by atoms with E-state index in [9.17, 15) is 9.59 Å². The standard InChI is InChI=1S/C24H19O4S/c1-3-23(25)27-18-10-14-21(15-11-18)29(20-8-6-5-7-9-20)22-16-12-19(13-17-22)28-24(26)4-2/h3-17H,1-2H2/q+1. The van der Waals surface area contributed by atoms with E-state index in [-0.39, 0.29) is 10.9 Å². The highest BCUT2D eigenvalue weighted by Crippen LogP contribution is 2.33. The fraction of sp³-hybridized carbons (Fsp3) is 0. The predicted octanol–water partition coefficient (Wildman–Crippen LogP) is 4.96. The second-order valence-corrected chi connectivity index (χ2v) is 7.84. The van der Waals surface area contributed by atoms with Gasteiger partial charge in [0, 0.05) is 12.2 Å². The zero-order chi connectivity index (χ0) is 20.6. The molecule has 5 heteroatoms. The molecule has 3 rings (SSSR count). The highest BCUT2D eigenvalue weighted by atomic mass is 32.2. The van der Waals surface area contributed by atoms with Crippen molar-refractivity contribution in [3.63, 3.8) is 0 Å². The van der Waals surface area contributed by atoms with E-state index in [0.29, 0.717) is 11.5 Å². The van der Waals surface area contributed by atoms with Gasteiger partial charge >= 0.3 is 11.9 Å². The maximum atomic E-state index is 11.4. The van der Waals surface area contributed by atoms with E-state index < -0.39 is 11.9 Å². The summed E-state index contributed by atoms with van der Waals surface area (Å²) in [6.45, 7) is 6.80. The zero-order valence-electron chi connectivity index (χ0n) is 15.6. The molecule has 0 unspecified atom stereocenters. The Morgan fingerprint density at radius 1 is 0.621 bits per heavy atom. The molecule has 0 radical (unpaired) electrons. The van der Waals surface area contributed by atoms with Gasteiger partial charge in [0.15, 0.2) is 14.7 Å². The first-order valence-corrected chi connectivity index (χ1v) is 10.0. The maximum Gasteiger partial charge on any atom is 0.335 e. The number of hydrogen-bond donors (Lipinski definition) is 0. The van der Waals surface area contributed by atoms with Crippen molar-refractivity contribution < 1.29 is 19.1 Å². The fourth-order valence-electron chi connectivity index (χ4n) is 2.57. The Balaban J connectivity index is 1.93. The fourth-order valence-corrected chi connectivity index (χ4v) is 4.63. The molecule has 0 heterocycles. The molecular weight excluding hydrogens is 384 g/mol. The van der Waals surface area contributed by atoms with Crippen LogP contribution in [0.15, 0.2) is 119 Å². The average molecular weight is 403 g/mol. The number of rotatable bonds is 7. The molecule has 4 nitrogen and oxygen atoms in total. The zero-order valence-corrected chi connectivity index (χ0v) is 16.4. The summed E-state index contributed by atoms with van der Waals surface area (Å²) in [6, 6.07) is 24.9. The molecule has 0 aliphatic carbocycles. The van der Waals surface area contributed by atoms with Gasteiger partial charge in [-0.15, -0.1) is 0 Å². The van der Waals surface area contributed by atoms with Crippen molar-refractivity contribution in [2.24, 2.45) is 0 Å². The summed E-state index contributed by atoms with van der Waals surface area (Å²) in [5.74, 6) is -0.0715. The van der Waals surface area contributed by atoms with Crippen molar-refractivity contribution in [1.29, 1.82) is 0 Å². The molecule has 144 valence electrons. The lowest BCUT2D eigenvalue weighted by Crippen LogP contribution is -2.07. The van der Waals surface area contributed by atoms with E-state index in [1.807, 2.05) is 42.5 Å². The number of hydrogen-bond acceptors (Lipinski definition) is 4. The van der Waals surface area contributed by atoms with Gasteiger partial charge in [-0.05, 0) is 60.7 Å². The molecule has 0 saturated heterocycles. The maximum absolute atomic E-state index is 11.4. The molecule has 0 aromatic heterocycles. The van der Waals surface area contributed by atoms with E-state index in [4.69, 9.17) is 9.47 Å². The molecular formula is C24H19O4S+. The molecule has 0 atom stereocenters. The first kappa shape index (κ1) is 20.2. The van der Waals surface area contributed by atoms with Gasteiger partial charge in [0.05, 0.1) is 10.9 Å². The van der Waals surface area contributed by atoms with Crippen molar-refractivity contribution in [3.8, 4) is 11.5 Å². The second kappa shape index (κ2) is 9.57. The molecule has 0 spiro atoms. The van der Waals surface area contributed by atoms with Crippen LogP contribution in [0.2, 0.25) is 0 Å². The molecule has 0 saturated carbocycles. The van der Waals surface area contributed by atoms with E-state index in [2.05, 4.69) is 25.3 Å². The van der Waals surface area contributed by atoms with E-state index in [1.54, 1.807) is 24.3 Å². The van der Waals surface area contributed by atoms with Gasteiger partial charge in [-0.1, -0.05) is 31.4 Å². The molecule has 0 amide bonds. The summed E-state index contributed by atoms with van der Waals surface area (Å²) in [6.07, 6.45) is 2.26. The molecule has 0 N–H and O–H groups in total. The summed E-state index contributed by atoms with van der Waals surface area (Å²) in [5.41, 5.74) is 0. The van der Waals surface area contributed by atoms with Crippen LogP contribution in [-0.4, -0.2) is 11.9 Å². The minimum absolute atomic E-state index is 0.381. The Morgan fingerprint density at radius 2 is 1.00 bits per heavy atom. The number of esters is 2. The van der Waals surface area contributed by atoms with Crippen LogP contribution in [0, 0.1) is 0 Å². The van der Waals surface area contributed by atoms with Crippen molar-refractivity contribution in [2.75, 3.05) is 0 Å². The highest BCUT2D eigenvalue weighted by molar-refractivity contribution is 7.97. The molecule has 0 bridgehead atoms. The minimum atomic E-state index is -0.496. The van der Waals surface area contributed by atoms with Gasteiger partial charge < -0.3 is 9.47 Å². The SMILES string of the molecule is C=CC(=O)Oc1ccc([S+](c2ccccc2)c2ccc(OC(=O)C=C)cc2)cc1. The summed E-state index contributed by atoms with van der Waals surface area (Å²) in [7, 11) is -0.381. The van der Waals surface area contributed by atoms with Crippen LogP contribution < -0.4 is 9.47 Å². The van der Waals surface area contributed by atoms with Gasteiger partial charge in [-0.25, -0.2) is 9.59 Å². The lowest BCUT2D eigenvalue weighted by Gasteiger charge is -2.09. The Hall–Kier alpha value is -3.57. The van der Waals surface area contributed by atoms with Gasteiger partial charge in [0.2, 0.25) is 0 Å². The molecule has 3 aromatic carbocycles. The first-order valence-electron chi connectivity index (χ1n) is 8.78. The van der Waals surface area contributed by atoms with Crippen LogP contribution in [0.5, 0.6) is 11.5 Å². The molecule has 3 aromatic rings. The Kier molecular flexibility index (Phi) is 6.66. The largest absolute Gasteiger partial charge is 0.423 e. The Labute approximate surface area is 172 Å². The molecule has 0 aliphatic rings. The third kappa shape index (κ3) is 5.24. The topological polar surface area (TPSA) is 52.6 Å². The Morgan fingerprint density at radius 3 is 1.38 bits per heavy atom. The smallest absolute Gasteiger partial charge is 0.335 e. The van der Waals surface area contributed by atoms with Crippen LogP contribution in [-0.2, 0) is 20.5 Å². The summed E-state index contributed by atoms with van der Waals surface area (Å²) in [4.78, 5) is 26.0. The number of carbonyl (C=O) groups excluding carboxylic acids is 2. The summed E-state index contributed by atoms with van der Waals surface area (Å²) in [5, 5.41) is 0. The summed E-state index contributed by atoms with van der Waals surface area (Å²) >= 11 is 0. The summed E-state index contributed by atoms with van der Waals surface area (Å²) < 4.78 is 10.3. The quantitative estimate of drug-likeness (QED) is 0.242. The van der Waals surface area contributed by atoms with Gasteiger partial charge in [-0.2, -0.15) is 0 Å². The normalized spacial score (nSPS) is 10.2. The second-order valence-electron chi connectivity index (χ2n) is 5.81. The predicted molar refractivity (Wildman–Crippen MR) is 113 cm³/mol. The molecule has 0 fully saturated rings. The van der Waals surface area contributed by atoms with E-state index >= 15 is 0 Å². The van der Waals surface area contributed by atoms with Crippen LogP contribution in [0.3, 0.4) is 0 Å². The van der Waals surface area contributed by atoms with E-state index in [1.165, 1.54) is 0 Å². The van der Waals surface area contributed by atoms with Crippen LogP contribution >= 0.6 is 0 Å². The lowest BCUT2D eigenvalue weighted by molar-refractivity contribution is -0.129. The van der Waals surface area contributed by atoms with Gasteiger partial charge in [-0.3, -0.25) is 0 Å². The third-order valence-electron chi connectivity index (χ3n) is 3.87. The minimum Gasteiger partial charge on any atom is -0.423 e. The van der Waals surface area contributed by atoms with Crippen molar-refractivity contribution in [1.82, 2.24) is 0 Å². The van der Waals surface area contributed by atoms with Crippen LogP contribution in [0.25, 0.3) is 0 Å². The molecule has 0 aliphatic heterocycles. The van der Waals surface area contributed by atoms with Gasteiger partial charge in [0.1, 0.15) is 11.5 Å². The average Bonchev–Trinajstić information content (AvgIpc) is 2.77. The number of benzene rings is 3. The number of carbonyl (C=O) groups is 2. The monoisotopic (exact) mass is 403 g/mol. The van der Waals surface area contributed by atoms with Gasteiger partial charge in [0.25, 0.3) is 0 Å². The van der Waals surface area contributed by atoms with Crippen LogP contribution in [0.4, 0.5) is 0 Å². The highest BCUT2D eigenvalue weighted by Gasteiger charge is 2.28. The number of ether oxygens (including phenoxy) is 2. The molecule has 29 heavy (non-hydrogen) atoms. The van der Waals surface area contributed by atoms with Crippen molar-refractivity contribution in [3.05, 3.63) is 104 Å². The van der Waals surface area contributed by atoms with Crippen molar-refractivity contribution in [2.45, 2.75) is 14.7 Å². The van der Waals surface area contributed by atoms with Crippen LogP contribution in [0.1, 0.15) is 0 Å². The van der Waals surface area contributed by atoms with E-state index in [0.717, 1.165) is 26.8 Å². The Bertz CT molecular complexity index is 944. The third-order valence-corrected chi connectivity index (χ3v) is 6.10. The first-order chi connectivity index (χ1) is 14.1. The van der Waals surface area contributed by atoms with Crippen molar-refractivity contribution >= 4 is 22.8 Å².